The van der Waals surface area contributed by atoms with Crippen LogP contribution in [0, 0.1) is 5.92 Å². The molecule has 0 aromatic heterocycles. The highest BCUT2D eigenvalue weighted by atomic mass is 16.3. The van der Waals surface area contributed by atoms with Crippen LogP contribution in [-0.2, 0) is 6.42 Å². The van der Waals surface area contributed by atoms with Crippen LogP contribution in [0.25, 0.3) is 0 Å². The van der Waals surface area contributed by atoms with Crippen molar-refractivity contribution in [3.05, 3.63) is 35.9 Å². The maximum absolute atomic E-state index is 11.4. The highest BCUT2D eigenvalue weighted by Gasteiger charge is 2.39. The molecule has 24 heavy (non-hydrogen) atoms. The summed E-state index contributed by atoms with van der Waals surface area (Å²) in [6.07, 6.45) is 7.83. The van der Waals surface area contributed by atoms with Crippen LogP contribution in [-0.4, -0.2) is 60.3 Å². The highest BCUT2D eigenvalue weighted by molar-refractivity contribution is 5.14. The summed E-state index contributed by atoms with van der Waals surface area (Å²) >= 11 is 0. The van der Waals surface area contributed by atoms with Gasteiger partial charge >= 0.3 is 0 Å². The van der Waals surface area contributed by atoms with E-state index in [1.165, 1.54) is 37.9 Å². The Morgan fingerprint density at radius 1 is 1.08 bits per heavy atom. The van der Waals surface area contributed by atoms with E-state index in [9.17, 15) is 5.11 Å². The van der Waals surface area contributed by atoms with Crippen LogP contribution in [0.5, 0.6) is 0 Å². The lowest BCUT2D eigenvalue weighted by atomic mass is 9.72. The third-order valence-electron chi connectivity index (χ3n) is 6.16. The van der Waals surface area contributed by atoms with Crippen LogP contribution in [0.15, 0.2) is 30.3 Å². The van der Waals surface area contributed by atoms with Gasteiger partial charge in [0, 0.05) is 38.6 Å². The molecule has 1 saturated carbocycles. The molecule has 0 radical (unpaired) electrons. The molecule has 3 nitrogen and oxygen atoms in total. The first kappa shape index (κ1) is 17.9. The number of nitrogens with zero attached hydrogens (tertiary/aromatic N) is 2. The van der Waals surface area contributed by atoms with Crippen molar-refractivity contribution in [2.75, 3.05) is 39.8 Å². The molecule has 1 saturated heterocycles. The van der Waals surface area contributed by atoms with E-state index in [4.69, 9.17) is 0 Å². The van der Waals surface area contributed by atoms with Gasteiger partial charge in [-0.1, -0.05) is 43.2 Å². The maximum Gasteiger partial charge on any atom is 0.0688 e. The predicted octanol–water partition coefficient (Wildman–Crippen LogP) is 3.18. The molecular weight excluding hydrogens is 296 g/mol. The molecule has 1 heterocycles. The van der Waals surface area contributed by atoms with E-state index in [-0.39, 0.29) is 0 Å². The summed E-state index contributed by atoms with van der Waals surface area (Å²) in [6.45, 7) is 5.74. The monoisotopic (exact) mass is 330 g/mol. The summed E-state index contributed by atoms with van der Waals surface area (Å²) < 4.78 is 0. The second-order valence-electron chi connectivity index (χ2n) is 7.99. The topological polar surface area (TPSA) is 26.7 Å². The zero-order valence-corrected chi connectivity index (χ0v) is 15.3. The van der Waals surface area contributed by atoms with E-state index < -0.39 is 5.60 Å². The molecule has 3 rings (SSSR count). The summed E-state index contributed by atoms with van der Waals surface area (Å²) in [4.78, 5) is 4.99. The third-order valence-corrected chi connectivity index (χ3v) is 6.16. The van der Waals surface area contributed by atoms with Crippen molar-refractivity contribution in [1.29, 1.82) is 0 Å². The first-order valence-corrected chi connectivity index (χ1v) is 9.83. The fourth-order valence-corrected chi connectivity index (χ4v) is 4.47. The Morgan fingerprint density at radius 3 is 2.58 bits per heavy atom. The molecule has 0 bridgehead atoms. The summed E-state index contributed by atoms with van der Waals surface area (Å²) in [5, 5.41) is 11.4. The molecule has 2 aliphatic rings. The average Bonchev–Trinajstić information content (AvgIpc) is 2.60. The number of piperazine rings is 1. The van der Waals surface area contributed by atoms with Crippen LogP contribution >= 0.6 is 0 Å². The zero-order chi connectivity index (χ0) is 16.8. The first-order valence-electron chi connectivity index (χ1n) is 9.83. The standard InChI is InChI=1S/C21H34N2O/c1-22-14-16-23(17-15-22)18-20-11-5-6-12-21(20,24)13-7-10-19-8-3-2-4-9-19/h2-4,8-9,20,24H,5-7,10-18H2,1H3. The van der Waals surface area contributed by atoms with Crippen molar-refractivity contribution in [2.45, 2.75) is 50.5 Å². The molecule has 1 N–H and O–H groups in total. The van der Waals surface area contributed by atoms with Crippen LogP contribution in [0.2, 0.25) is 0 Å². The number of likely N-dealkylation sites (N-methyl/N-ethyl adjacent to an activating group) is 1. The zero-order valence-electron chi connectivity index (χ0n) is 15.3. The van der Waals surface area contributed by atoms with Crippen molar-refractivity contribution in [3.63, 3.8) is 0 Å². The Morgan fingerprint density at radius 2 is 1.83 bits per heavy atom. The van der Waals surface area contributed by atoms with Crippen molar-refractivity contribution in [2.24, 2.45) is 5.92 Å². The molecule has 1 aromatic rings. The van der Waals surface area contributed by atoms with Crippen LogP contribution in [0.3, 0.4) is 0 Å². The van der Waals surface area contributed by atoms with E-state index in [0.29, 0.717) is 5.92 Å². The highest BCUT2D eigenvalue weighted by Crippen LogP contribution is 2.38. The van der Waals surface area contributed by atoms with Gasteiger partial charge < -0.3 is 14.9 Å². The molecule has 3 heteroatoms. The molecule has 134 valence electrons. The number of aliphatic hydroxyl groups is 1. The predicted molar refractivity (Wildman–Crippen MR) is 100 cm³/mol. The summed E-state index contributed by atoms with van der Waals surface area (Å²) in [6, 6.07) is 10.7. The normalized spacial score (nSPS) is 29.7. The largest absolute Gasteiger partial charge is 0.390 e. The van der Waals surface area contributed by atoms with Gasteiger partial charge in [0.25, 0.3) is 0 Å². The van der Waals surface area contributed by atoms with Gasteiger partial charge in [0.15, 0.2) is 0 Å². The number of hydrogen-bond acceptors (Lipinski definition) is 3. The average molecular weight is 331 g/mol. The third kappa shape index (κ3) is 4.81. The second kappa shape index (κ2) is 8.46. The van der Waals surface area contributed by atoms with Gasteiger partial charge in [-0.05, 0) is 44.7 Å². The Hall–Kier alpha value is -0.900. The van der Waals surface area contributed by atoms with Crippen molar-refractivity contribution in [3.8, 4) is 0 Å². The molecule has 1 aliphatic heterocycles. The van der Waals surface area contributed by atoms with E-state index in [2.05, 4.69) is 47.2 Å². The van der Waals surface area contributed by atoms with E-state index in [0.717, 1.165) is 45.3 Å². The van der Waals surface area contributed by atoms with Crippen LogP contribution < -0.4 is 0 Å². The van der Waals surface area contributed by atoms with E-state index in [1.54, 1.807) is 0 Å². The second-order valence-corrected chi connectivity index (χ2v) is 7.99. The van der Waals surface area contributed by atoms with Crippen LogP contribution in [0.1, 0.15) is 44.1 Å². The molecule has 2 fully saturated rings. The van der Waals surface area contributed by atoms with Gasteiger partial charge in [0.1, 0.15) is 0 Å². The maximum atomic E-state index is 11.4. The smallest absolute Gasteiger partial charge is 0.0688 e. The summed E-state index contributed by atoms with van der Waals surface area (Å²) in [7, 11) is 2.21. The summed E-state index contributed by atoms with van der Waals surface area (Å²) in [5.41, 5.74) is 0.962. The Labute approximate surface area is 147 Å². The van der Waals surface area contributed by atoms with Crippen LogP contribution in [0.4, 0.5) is 0 Å². The molecule has 2 unspecified atom stereocenters. The molecule has 0 spiro atoms. The van der Waals surface area contributed by atoms with E-state index >= 15 is 0 Å². The molecule has 1 aliphatic carbocycles. The quantitative estimate of drug-likeness (QED) is 0.868. The lowest BCUT2D eigenvalue weighted by molar-refractivity contribution is -0.0694. The molecule has 1 aromatic carbocycles. The fraction of sp³-hybridized carbons (Fsp3) is 0.714. The lowest BCUT2D eigenvalue weighted by Crippen LogP contribution is -2.51. The van der Waals surface area contributed by atoms with Gasteiger partial charge in [-0.25, -0.2) is 0 Å². The Bertz CT molecular complexity index is 484. The van der Waals surface area contributed by atoms with Gasteiger partial charge in [0.2, 0.25) is 0 Å². The Balaban J connectivity index is 1.52. The lowest BCUT2D eigenvalue weighted by Gasteiger charge is -2.44. The number of rotatable bonds is 6. The van der Waals surface area contributed by atoms with Gasteiger partial charge in [-0.3, -0.25) is 0 Å². The number of hydrogen-bond donors (Lipinski definition) is 1. The molecule has 2 atom stereocenters. The van der Waals surface area contributed by atoms with E-state index in [1.807, 2.05) is 0 Å². The van der Waals surface area contributed by atoms with Crippen molar-refractivity contribution < 1.29 is 5.11 Å². The number of aryl methyl sites for hydroxylation is 1. The fourth-order valence-electron chi connectivity index (χ4n) is 4.47. The van der Waals surface area contributed by atoms with Crippen molar-refractivity contribution >= 4 is 0 Å². The molecular formula is C21H34N2O. The van der Waals surface area contributed by atoms with Gasteiger partial charge in [-0.15, -0.1) is 0 Å². The minimum Gasteiger partial charge on any atom is -0.390 e. The minimum absolute atomic E-state index is 0.434. The summed E-state index contributed by atoms with van der Waals surface area (Å²) in [5.74, 6) is 0.463. The number of benzene rings is 1. The SMILES string of the molecule is CN1CCN(CC2CCCCC2(O)CCCc2ccccc2)CC1. The van der Waals surface area contributed by atoms with Crippen molar-refractivity contribution in [1.82, 2.24) is 9.80 Å². The first-order chi connectivity index (χ1) is 11.7. The molecule has 0 amide bonds. The Kier molecular flexibility index (Phi) is 6.31. The van der Waals surface area contributed by atoms with Gasteiger partial charge in [0.05, 0.1) is 5.60 Å². The minimum atomic E-state index is -0.434. The van der Waals surface area contributed by atoms with Gasteiger partial charge in [-0.2, -0.15) is 0 Å².